The SMILES string of the molecule is COc1ccc2c(C#N)c(C#Cc3cccc(O)c3)[nH]c2c1. The van der Waals surface area contributed by atoms with Crippen LogP contribution in [0.4, 0.5) is 0 Å². The molecule has 0 radical (unpaired) electrons. The van der Waals surface area contributed by atoms with E-state index in [9.17, 15) is 10.4 Å². The van der Waals surface area contributed by atoms with Crippen molar-refractivity contribution >= 4 is 10.9 Å². The van der Waals surface area contributed by atoms with Crippen LogP contribution >= 0.6 is 0 Å². The molecule has 2 aromatic carbocycles. The molecule has 4 heteroatoms. The second kappa shape index (κ2) is 5.55. The van der Waals surface area contributed by atoms with Crippen LogP contribution in [0.15, 0.2) is 42.5 Å². The molecule has 0 aliphatic heterocycles. The molecule has 3 rings (SSSR count). The number of rotatable bonds is 1. The first-order valence-electron chi connectivity index (χ1n) is 6.62. The fraction of sp³-hybridized carbons (Fsp3) is 0.0556. The minimum absolute atomic E-state index is 0.161. The number of nitrogens with one attached hydrogen (secondary N) is 1. The van der Waals surface area contributed by atoms with Gasteiger partial charge in [0.05, 0.1) is 18.2 Å². The predicted molar refractivity (Wildman–Crippen MR) is 83.7 cm³/mol. The van der Waals surface area contributed by atoms with Gasteiger partial charge in [-0.15, -0.1) is 0 Å². The first kappa shape index (κ1) is 13.6. The van der Waals surface area contributed by atoms with Crippen LogP contribution in [0.3, 0.4) is 0 Å². The molecule has 0 atom stereocenters. The topological polar surface area (TPSA) is 69.0 Å². The van der Waals surface area contributed by atoms with Gasteiger partial charge in [-0.2, -0.15) is 5.26 Å². The molecule has 0 aliphatic carbocycles. The van der Waals surface area contributed by atoms with Crippen LogP contribution in [0.1, 0.15) is 16.8 Å². The molecule has 4 nitrogen and oxygen atoms in total. The van der Waals surface area contributed by atoms with E-state index in [1.165, 1.54) is 0 Å². The zero-order chi connectivity index (χ0) is 15.5. The summed E-state index contributed by atoms with van der Waals surface area (Å²) in [7, 11) is 1.60. The van der Waals surface area contributed by atoms with E-state index >= 15 is 0 Å². The minimum Gasteiger partial charge on any atom is -0.508 e. The standard InChI is InChI=1S/C18H12N2O2/c1-22-14-6-7-15-16(11-19)17(20-18(15)10-14)8-5-12-3-2-4-13(21)9-12/h2-4,6-7,9-10,20-21H,1H3. The Labute approximate surface area is 127 Å². The van der Waals surface area contributed by atoms with E-state index in [2.05, 4.69) is 22.9 Å². The summed E-state index contributed by atoms with van der Waals surface area (Å²) in [5, 5.41) is 19.6. The maximum Gasteiger partial charge on any atom is 0.120 e. The molecule has 0 unspecified atom stereocenters. The van der Waals surface area contributed by atoms with Crippen molar-refractivity contribution in [3.8, 4) is 29.4 Å². The first-order valence-corrected chi connectivity index (χ1v) is 6.62. The van der Waals surface area contributed by atoms with Crippen LogP contribution in [0, 0.1) is 23.2 Å². The lowest BCUT2D eigenvalue weighted by molar-refractivity contribution is 0.415. The van der Waals surface area contributed by atoms with Crippen molar-refractivity contribution in [2.24, 2.45) is 0 Å². The number of aromatic hydroxyl groups is 1. The lowest BCUT2D eigenvalue weighted by atomic mass is 10.1. The van der Waals surface area contributed by atoms with Gasteiger partial charge in [0.15, 0.2) is 0 Å². The summed E-state index contributed by atoms with van der Waals surface area (Å²) in [5.74, 6) is 6.77. The van der Waals surface area contributed by atoms with Gasteiger partial charge in [-0.3, -0.25) is 0 Å². The Balaban J connectivity index is 2.10. The van der Waals surface area contributed by atoms with Crippen molar-refractivity contribution in [2.45, 2.75) is 0 Å². The van der Waals surface area contributed by atoms with Gasteiger partial charge < -0.3 is 14.8 Å². The van der Waals surface area contributed by atoms with E-state index in [0.717, 1.165) is 10.9 Å². The average molecular weight is 288 g/mol. The molecular formula is C18H12N2O2. The Morgan fingerprint density at radius 2 is 2.00 bits per heavy atom. The lowest BCUT2D eigenvalue weighted by Crippen LogP contribution is -1.81. The number of fused-ring (bicyclic) bond motifs is 1. The highest BCUT2D eigenvalue weighted by Crippen LogP contribution is 2.25. The number of aromatic amines is 1. The Morgan fingerprint density at radius 3 is 2.73 bits per heavy atom. The van der Waals surface area contributed by atoms with Crippen LogP contribution in [0.25, 0.3) is 10.9 Å². The molecule has 0 saturated heterocycles. The quantitative estimate of drug-likeness (QED) is 0.676. The third-order valence-electron chi connectivity index (χ3n) is 3.30. The average Bonchev–Trinajstić information content (AvgIpc) is 2.89. The zero-order valence-corrected chi connectivity index (χ0v) is 11.8. The molecule has 0 aliphatic rings. The normalized spacial score (nSPS) is 9.82. The molecule has 0 saturated carbocycles. The van der Waals surface area contributed by atoms with Gasteiger partial charge in [-0.25, -0.2) is 0 Å². The number of nitriles is 1. The highest BCUT2D eigenvalue weighted by atomic mass is 16.5. The molecule has 1 heterocycles. The lowest BCUT2D eigenvalue weighted by Gasteiger charge is -1.97. The maximum atomic E-state index is 9.44. The Morgan fingerprint density at radius 1 is 1.14 bits per heavy atom. The first-order chi connectivity index (χ1) is 10.7. The summed E-state index contributed by atoms with van der Waals surface area (Å²) in [6.45, 7) is 0. The van der Waals surface area contributed by atoms with Crippen LogP contribution in [-0.2, 0) is 0 Å². The number of methoxy groups -OCH3 is 1. The smallest absolute Gasteiger partial charge is 0.120 e. The molecule has 0 bridgehead atoms. The number of phenols is 1. The number of hydrogen-bond acceptors (Lipinski definition) is 3. The fourth-order valence-electron chi connectivity index (χ4n) is 2.23. The molecule has 2 N–H and O–H groups in total. The summed E-state index contributed by atoms with van der Waals surface area (Å²) in [6.07, 6.45) is 0. The number of phenolic OH excluding ortho intramolecular Hbond substituents is 1. The van der Waals surface area contributed by atoms with Crippen LogP contribution < -0.4 is 4.74 Å². The Bertz CT molecular complexity index is 953. The molecule has 0 fully saturated rings. The van der Waals surface area contributed by atoms with Gasteiger partial charge in [-0.05, 0) is 36.3 Å². The van der Waals surface area contributed by atoms with E-state index in [1.807, 2.05) is 18.2 Å². The summed E-state index contributed by atoms with van der Waals surface area (Å²) < 4.78 is 5.18. The number of hydrogen-bond donors (Lipinski definition) is 2. The number of benzene rings is 2. The van der Waals surface area contributed by atoms with E-state index in [0.29, 0.717) is 22.6 Å². The highest BCUT2D eigenvalue weighted by molar-refractivity contribution is 5.89. The second-order valence-electron chi connectivity index (χ2n) is 4.70. The van der Waals surface area contributed by atoms with Gasteiger partial charge in [0.1, 0.15) is 23.3 Å². The van der Waals surface area contributed by atoms with Crippen molar-refractivity contribution < 1.29 is 9.84 Å². The number of nitrogens with zero attached hydrogens (tertiary/aromatic N) is 1. The van der Waals surface area contributed by atoms with Crippen molar-refractivity contribution in [2.75, 3.05) is 7.11 Å². The largest absolute Gasteiger partial charge is 0.508 e. The number of ether oxygens (including phenoxy) is 1. The van der Waals surface area contributed by atoms with Crippen LogP contribution in [-0.4, -0.2) is 17.2 Å². The predicted octanol–water partition coefficient (Wildman–Crippen LogP) is 3.15. The third-order valence-corrected chi connectivity index (χ3v) is 3.30. The Kier molecular flexibility index (Phi) is 3.43. The van der Waals surface area contributed by atoms with Gasteiger partial charge in [0.25, 0.3) is 0 Å². The van der Waals surface area contributed by atoms with E-state index in [1.54, 1.807) is 31.4 Å². The molecule has 106 valence electrons. The molecule has 0 amide bonds. The van der Waals surface area contributed by atoms with Gasteiger partial charge in [-0.1, -0.05) is 12.0 Å². The van der Waals surface area contributed by atoms with Gasteiger partial charge in [0, 0.05) is 17.0 Å². The van der Waals surface area contributed by atoms with E-state index in [4.69, 9.17) is 4.74 Å². The van der Waals surface area contributed by atoms with Crippen molar-refractivity contribution in [3.63, 3.8) is 0 Å². The third kappa shape index (κ3) is 2.46. The summed E-state index contributed by atoms with van der Waals surface area (Å²) in [5.41, 5.74) is 2.54. The number of aromatic nitrogens is 1. The van der Waals surface area contributed by atoms with Crippen LogP contribution in [0.5, 0.6) is 11.5 Å². The van der Waals surface area contributed by atoms with Crippen LogP contribution in [0.2, 0.25) is 0 Å². The van der Waals surface area contributed by atoms with Gasteiger partial charge in [0.2, 0.25) is 0 Å². The van der Waals surface area contributed by atoms with E-state index < -0.39 is 0 Å². The van der Waals surface area contributed by atoms with Crippen molar-refractivity contribution in [1.82, 2.24) is 4.98 Å². The van der Waals surface area contributed by atoms with E-state index in [-0.39, 0.29) is 5.75 Å². The summed E-state index contributed by atoms with van der Waals surface area (Å²) in [4.78, 5) is 3.14. The molecule has 3 aromatic rings. The molecule has 22 heavy (non-hydrogen) atoms. The highest BCUT2D eigenvalue weighted by Gasteiger charge is 2.10. The Hall–Kier alpha value is -3.37. The summed E-state index contributed by atoms with van der Waals surface area (Å²) in [6, 6.07) is 14.3. The molecular weight excluding hydrogens is 276 g/mol. The van der Waals surface area contributed by atoms with Crippen molar-refractivity contribution in [3.05, 3.63) is 59.3 Å². The second-order valence-corrected chi connectivity index (χ2v) is 4.70. The molecule has 1 aromatic heterocycles. The minimum atomic E-state index is 0.161. The monoisotopic (exact) mass is 288 g/mol. The fourth-order valence-corrected chi connectivity index (χ4v) is 2.23. The zero-order valence-electron chi connectivity index (χ0n) is 11.8. The van der Waals surface area contributed by atoms with Crippen molar-refractivity contribution in [1.29, 1.82) is 5.26 Å². The summed E-state index contributed by atoms with van der Waals surface area (Å²) >= 11 is 0. The number of H-pyrrole nitrogens is 1. The molecule has 0 spiro atoms. The van der Waals surface area contributed by atoms with Gasteiger partial charge >= 0.3 is 0 Å². The maximum absolute atomic E-state index is 9.44.